The van der Waals surface area contributed by atoms with Crippen LogP contribution in [0, 0.1) is 0 Å². The largest absolute Gasteiger partial charge is 0.494 e. The molecule has 27 heavy (non-hydrogen) atoms. The Balaban J connectivity index is 1.88. The van der Waals surface area contributed by atoms with Crippen molar-refractivity contribution in [2.45, 2.75) is 84.2 Å². The lowest BCUT2D eigenvalue weighted by atomic mass is 9.71. The second-order valence-corrected chi connectivity index (χ2v) is 9.32. The van der Waals surface area contributed by atoms with Gasteiger partial charge in [0.25, 0.3) is 0 Å². The summed E-state index contributed by atoms with van der Waals surface area (Å²) in [5.74, 6) is 0. The number of carbonyl (C=O) groups excluding carboxylic acids is 1. The van der Waals surface area contributed by atoms with Crippen LogP contribution in [0.4, 0.5) is 4.79 Å². The van der Waals surface area contributed by atoms with Crippen LogP contribution in [0.2, 0.25) is 0 Å². The number of rotatable bonds is 2. The van der Waals surface area contributed by atoms with Gasteiger partial charge in [-0.2, -0.15) is 0 Å². The predicted octanol–water partition coefficient (Wildman–Crippen LogP) is 4.06. The van der Waals surface area contributed by atoms with E-state index in [-0.39, 0.29) is 23.8 Å². The number of ether oxygens (including phenoxy) is 1. The molecule has 2 atom stereocenters. The van der Waals surface area contributed by atoms with Crippen LogP contribution in [0.15, 0.2) is 24.3 Å². The first-order chi connectivity index (χ1) is 12.6. The van der Waals surface area contributed by atoms with Crippen LogP contribution in [0.25, 0.3) is 0 Å². The molecule has 0 saturated carbocycles. The van der Waals surface area contributed by atoms with Gasteiger partial charge in [0.05, 0.1) is 11.6 Å². The lowest BCUT2D eigenvalue weighted by Gasteiger charge is -2.39. The topological polar surface area (TPSA) is 48.0 Å². The van der Waals surface area contributed by atoms with Crippen LogP contribution < -0.4 is 5.46 Å². The number of carbonyl (C=O) groups is 1. The smallest absolute Gasteiger partial charge is 0.444 e. The molecular weight excluding hydrogens is 341 g/mol. The first-order valence-electron chi connectivity index (χ1n) is 9.97. The first-order valence-corrected chi connectivity index (χ1v) is 9.97. The number of likely N-dealkylation sites (tertiary alicyclic amines) is 1. The fourth-order valence-corrected chi connectivity index (χ4v) is 4.11. The van der Waals surface area contributed by atoms with Gasteiger partial charge in [-0.3, -0.25) is 0 Å². The number of benzene rings is 1. The molecule has 0 spiro atoms. The van der Waals surface area contributed by atoms with E-state index in [2.05, 4.69) is 32.9 Å². The van der Waals surface area contributed by atoms with E-state index in [1.807, 2.05) is 37.8 Å². The van der Waals surface area contributed by atoms with Crippen molar-refractivity contribution in [1.82, 2.24) is 4.90 Å². The highest BCUT2D eigenvalue weighted by atomic mass is 16.6. The average molecular weight is 373 g/mol. The third-order valence-corrected chi connectivity index (χ3v) is 5.05. The third kappa shape index (κ3) is 4.85. The normalized spacial score (nSPS) is 25.6. The standard InChI is InChI=1S/C21H32BNO4/c1-15-14-21(5,6)27-22(26-15)17-11-8-7-10-16(17)18-12-9-13-23(18)19(24)25-20(2,3)4/h7-8,10-11,15,18H,9,12-14H2,1-6H3/t15-,18-/m0/s1. The fourth-order valence-electron chi connectivity index (χ4n) is 4.11. The third-order valence-electron chi connectivity index (χ3n) is 5.05. The van der Waals surface area contributed by atoms with Gasteiger partial charge >= 0.3 is 13.2 Å². The maximum Gasteiger partial charge on any atom is 0.494 e. The molecule has 0 aliphatic carbocycles. The Morgan fingerprint density at radius 1 is 1.30 bits per heavy atom. The summed E-state index contributed by atoms with van der Waals surface area (Å²) >= 11 is 0. The summed E-state index contributed by atoms with van der Waals surface area (Å²) < 4.78 is 18.0. The highest BCUT2D eigenvalue weighted by Gasteiger charge is 2.42. The molecule has 0 unspecified atom stereocenters. The van der Waals surface area contributed by atoms with E-state index < -0.39 is 12.7 Å². The minimum atomic E-state index is -0.501. The average Bonchev–Trinajstić information content (AvgIpc) is 3.01. The Kier molecular flexibility index (Phi) is 5.60. The van der Waals surface area contributed by atoms with Gasteiger partial charge in [0.15, 0.2) is 0 Å². The molecule has 2 heterocycles. The lowest BCUT2D eigenvalue weighted by molar-refractivity contribution is -0.0232. The minimum Gasteiger partial charge on any atom is -0.444 e. The van der Waals surface area contributed by atoms with Gasteiger partial charge in [-0.25, -0.2) is 4.79 Å². The molecule has 2 fully saturated rings. The molecule has 2 aliphatic heterocycles. The highest BCUT2D eigenvalue weighted by Crippen LogP contribution is 2.34. The quantitative estimate of drug-likeness (QED) is 0.734. The lowest BCUT2D eigenvalue weighted by Crippen LogP contribution is -2.53. The van der Waals surface area contributed by atoms with Gasteiger partial charge in [-0.1, -0.05) is 24.3 Å². The summed E-state index contributed by atoms with van der Waals surface area (Å²) in [6.07, 6.45) is 2.62. The molecule has 148 valence electrons. The van der Waals surface area contributed by atoms with Gasteiger partial charge in [0.2, 0.25) is 0 Å². The second-order valence-electron chi connectivity index (χ2n) is 9.32. The van der Waals surface area contributed by atoms with E-state index in [4.69, 9.17) is 14.0 Å². The molecule has 0 radical (unpaired) electrons. The van der Waals surface area contributed by atoms with E-state index in [0.717, 1.165) is 30.3 Å². The summed E-state index contributed by atoms with van der Waals surface area (Å²) in [5, 5.41) is 0. The Hall–Kier alpha value is -1.53. The van der Waals surface area contributed by atoms with Crippen molar-refractivity contribution in [2.75, 3.05) is 6.54 Å². The Labute approximate surface area is 163 Å². The van der Waals surface area contributed by atoms with Crippen LogP contribution >= 0.6 is 0 Å². The molecule has 2 saturated heterocycles. The summed E-state index contributed by atoms with van der Waals surface area (Å²) in [6.45, 7) is 12.7. The maximum absolute atomic E-state index is 12.7. The SMILES string of the molecule is C[C@H]1CC(C)(C)OB(c2ccccc2[C@@H]2CCCN2C(=O)OC(C)(C)C)O1. The van der Waals surface area contributed by atoms with Crippen molar-refractivity contribution >= 4 is 18.7 Å². The maximum atomic E-state index is 12.7. The zero-order valence-corrected chi connectivity index (χ0v) is 17.5. The van der Waals surface area contributed by atoms with E-state index in [1.165, 1.54) is 0 Å². The van der Waals surface area contributed by atoms with Crippen LogP contribution in [0.3, 0.4) is 0 Å². The Bertz CT molecular complexity index is 685. The van der Waals surface area contributed by atoms with Crippen molar-refractivity contribution in [3.05, 3.63) is 29.8 Å². The molecule has 6 heteroatoms. The van der Waals surface area contributed by atoms with Gasteiger partial charge in [-0.05, 0) is 71.8 Å². The molecule has 1 aromatic carbocycles. The number of amides is 1. The number of nitrogens with zero attached hydrogens (tertiary/aromatic N) is 1. The molecule has 5 nitrogen and oxygen atoms in total. The fraction of sp³-hybridized carbons (Fsp3) is 0.667. The summed E-state index contributed by atoms with van der Waals surface area (Å²) in [5.41, 5.74) is 1.36. The van der Waals surface area contributed by atoms with E-state index in [1.54, 1.807) is 0 Å². The molecule has 1 amide bonds. The highest BCUT2D eigenvalue weighted by molar-refractivity contribution is 6.62. The number of hydrogen-bond acceptors (Lipinski definition) is 4. The molecule has 0 N–H and O–H groups in total. The van der Waals surface area contributed by atoms with E-state index in [9.17, 15) is 4.79 Å². The van der Waals surface area contributed by atoms with Crippen LogP contribution in [-0.2, 0) is 14.0 Å². The Morgan fingerprint density at radius 3 is 2.67 bits per heavy atom. The summed E-state index contributed by atoms with van der Waals surface area (Å²) in [4.78, 5) is 14.6. The molecule has 0 bridgehead atoms. The summed E-state index contributed by atoms with van der Waals surface area (Å²) in [7, 11) is -0.416. The zero-order valence-electron chi connectivity index (χ0n) is 17.5. The zero-order chi connectivity index (χ0) is 19.8. The van der Waals surface area contributed by atoms with Crippen molar-refractivity contribution in [2.24, 2.45) is 0 Å². The van der Waals surface area contributed by atoms with Crippen LogP contribution in [-0.4, -0.2) is 42.0 Å². The summed E-state index contributed by atoms with van der Waals surface area (Å²) in [6, 6.07) is 8.15. The van der Waals surface area contributed by atoms with Crippen molar-refractivity contribution < 1.29 is 18.8 Å². The van der Waals surface area contributed by atoms with Crippen molar-refractivity contribution in [3.63, 3.8) is 0 Å². The van der Waals surface area contributed by atoms with Gasteiger partial charge in [0.1, 0.15) is 5.60 Å². The first kappa shape index (κ1) is 20.2. The predicted molar refractivity (Wildman–Crippen MR) is 107 cm³/mol. The van der Waals surface area contributed by atoms with Gasteiger partial charge in [-0.15, -0.1) is 0 Å². The molecule has 0 aromatic heterocycles. The second kappa shape index (κ2) is 7.48. The van der Waals surface area contributed by atoms with Crippen molar-refractivity contribution in [1.29, 1.82) is 0 Å². The number of hydrogen-bond donors (Lipinski definition) is 0. The van der Waals surface area contributed by atoms with E-state index >= 15 is 0 Å². The molecular formula is C21H32BNO4. The molecule has 3 rings (SSSR count). The Morgan fingerprint density at radius 2 is 2.00 bits per heavy atom. The van der Waals surface area contributed by atoms with Crippen molar-refractivity contribution in [3.8, 4) is 0 Å². The van der Waals surface area contributed by atoms with Gasteiger partial charge < -0.3 is 18.9 Å². The van der Waals surface area contributed by atoms with Crippen LogP contribution in [0.1, 0.15) is 72.4 Å². The minimum absolute atomic E-state index is 0.0106. The van der Waals surface area contributed by atoms with E-state index in [0.29, 0.717) is 6.54 Å². The molecule has 2 aliphatic rings. The monoisotopic (exact) mass is 373 g/mol. The molecule has 1 aromatic rings. The van der Waals surface area contributed by atoms with Gasteiger partial charge in [0, 0.05) is 12.6 Å². The van der Waals surface area contributed by atoms with Crippen LogP contribution in [0.5, 0.6) is 0 Å².